The molecule has 0 aromatic heterocycles. The van der Waals surface area contributed by atoms with Crippen LogP contribution in [0.15, 0.2) is 24.3 Å². The first kappa shape index (κ1) is 14.8. The molecule has 102 valence electrons. The molecule has 3 nitrogen and oxygen atoms in total. The van der Waals surface area contributed by atoms with E-state index in [1.807, 2.05) is 38.2 Å². The van der Waals surface area contributed by atoms with E-state index in [0.29, 0.717) is 12.6 Å². The van der Waals surface area contributed by atoms with Crippen LogP contribution < -0.4 is 14.8 Å². The molecule has 0 saturated carbocycles. The van der Waals surface area contributed by atoms with E-state index in [2.05, 4.69) is 12.2 Å². The molecule has 0 bridgehead atoms. The summed E-state index contributed by atoms with van der Waals surface area (Å²) in [5.41, 5.74) is 0. The molecule has 0 aliphatic rings. The van der Waals surface area contributed by atoms with E-state index in [1.165, 1.54) is 0 Å². The third kappa shape index (κ3) is 4.96. The zero-order valence-corrected chi connectivity index (χ0v) is 11.7. The second-order valence-electron chi connectivity index (χ2n) is 4.26. The smallest absolute Gasteiger partial charge is 0.161 e. The summed E-state index contributed by atoms with van der Waals surface area (Å²) in [5, 5.41) is 3.30. The fourth-order valence-corrected chi connectivity index (χ4v) is 1.91. The second kappa shape index (κ2) is 8.81. The number of nitrogens with one attached hydrogen (secondary N) is 1. The minimum Gasteiger partial charge on any atom is -0.490 e. The SMILES string of the molecule is CCOc1ccccc1OCCCC(CC)NC. The quantitative estimate of drug-likeness (QED) is 0.683. The molecule has 0 aliphatic heterocycles. The molecule has 0 spiro atoms. The molecule has 0 saturated heterocycles. The van der Waals surface area contributed by atoms with Crippen molar-refractivity contribution in [2.75, 3.05) is 20.3 Å². The van der Waals surface area contributed by atoms with Crippen LogP contribution in [0.2, 0.25) is 0 Å². The zero-order chi connectivity index (χ0) is 13.2. The van der Waals surface area contributed by atoms with Gasteiger partial charge in [-0.15, -0.1) is 0 Å². The standard InChI is InChI=1S/C15H25NO2/c1-4-13(16-3)9-8-12-18-15-11-7-6-10-14(15)17-5-2/h6-7,10-11,13,16H,4-5,8-9,12H2,1-3H3. The van der Waals surface area contributed by atoms with Crippen molar-refractivity contribution in [3.63, 3.8) is 0 Å². The Kier molecular flexibility index (Phi) is 7.26. The lowest BCUT2D eigenvalue weighted by Gasteiger charge is -2.15. The fourth-order valence-electron chi connectivity index (χ4n) is 1.91. The van der Waals surface area contributed by atoms with E-state index in [-0.39, 0.29) is 0 Å². The first-order valence-corrected chi connectivity index (χ1v) is 6.83. The Hall–Kier alpha value is -1.22. The van der Waals surface area contributed by atoms with Crippen molar-refractivity contribution in [2.24, 2.45) is 0 Å². The van der Waals surface area contributed by atoms with Crippen molar-refractivity contribution >= 4 is 0 Å². The molecule has 0 heterocycles. The number of hydrogen-bond donors (Lipinski definition) is 1. The van der Waals surface area contributed by atoms with E-state index in [1.54, 1.807) is 0 Å². The third-order valence-electron chi connectivity index (χ3n) is 3.00. The first-order chi connectivity index (χ1) is 8.81. The molecule has 3 heteroatoms. The summed E-state index contributed by atoms with van der Waals surface area (Å²) in [6.45, 7) is 5.59. The highest BCUT2D eigenvalue weighted by Crippen LogP contribution is 2.26. The topological polar surface area (TPSA) is 30.5 Å². The molecule has 1 atom stereocenters. The Balaban J connectivity index is 2.34. The normalized spacial score (nSPS) is 12.2. The van der Waals surface area contributed by atoms with Gasteiger partial charge in [-0.2, -0.15) is 0 Å². The fraction of sp³-hybridized carbons (Fsp3) is 0.600. The van der Waals surface area contributed by atoms with Crippen LogP contribution in [-0.2, 0) is 0 Å². The average Bonchev–Trinajstić information content (AvgIpc) is 2.41. The van der Waals surface area contributed by atoms with Crippen molar-refractivity contribution in [2.45, 2.75) is 39.2 Å². The minimum atomic E-state index is 0.593. The van der Waals surface area contributed by atoms with Crippen molar-refractivity contribution < 1.29 is 9.47 Å². The van der Waals surface area contributed by atoms with Gasteiger partial charge in [0.15, 0.2) is 11.5 Å². The Morgan fingerprint density at radius 2 is 1.78 bits per heavy atom. The summed E-state index contributed by atoms with van der Waals surface area (Å²) >= 11 is 0. The Morgan fingerprint density at radius 3 is 2.33 bits per heavy atom. The second-order valence-corrected chi connectivity index (χ2v) is 4.26. The van der Waals surface area contributed by atoms with Crippen LogP contribution in [0.3, 0.4) is 0 Å². The highest BCUT2D eigenvalue weighted by atomic mass is 16.5. The van der Waals surface area contributed by atoms with Crippen LogP contribution in [0, 0.1) is 0 Å². The van der Waals surface area contributed by atoms with Gasteiger partial charge < -0.3 is 14.8 Å². The van der Waals surface area contributed by atoms with Crippen LogP contribution in [0.1, 0.15) is 33.1 Å². The lowest BCUT2D eigenvalue weighted by atomic mass is 10.1. The van der Waals surface area contributed by atoms with Gasteiger partial charge >= 0.3 is 0 Å². The van der Waals surface area contributed by atoms with Gasteiger partial charge in [0.2, 0.25) is 0 Å². The van der Waals surface area contributed by atoms with Crippen molar-refractivity contribution in [3.8, 4) is 11.5 Å². The van der Waals surface area contributed by atoms with Gasteiger partial charge in [0.1, 0.15) is 0 Å². The summed E-state index contributed by atoms with van der Waals surface area (Å²) in [7, 11) is 2.01. The predicted molar refractivity (Wildman–Crippen MR) is 75.5 cm³/mol. The Bertz CT molecular complexity index is 324. The molecule has 1 N–H and O–H groups in total. The van der Waals surface area contributed by atoms with Gasteiger partial charge in [-0.05, 0) is 45.4 Å². The van der Waals surface area contributed by atoms with Crippen LogP contribution in [0.4, 0.5) is 0 Å². The third-order valence-corrected chi connectivity index (χ3v) is 3.00. The summed E-state index contributed by atoms with van der Waals surface area (Å²) in [4.78, 5) is 0. The summed E-state index contributed by atoms with van der Waals surface area (Å²) in [6, 6.07) is 8.43. The summed E-state index contributed by atoms with van der Waals surface area (Å²) < 4.78 is 11.3. The van der Waals surface area contributed by atoms with E-state index < -0.39 is 0 Å². The van der Waals surface area contributed by atoms with Gasteiger partial charge in [0.05, 0.1) is 13.2 Å². The first-order valence-electron chi connectivity index (χ1n) is 6.83. The lowest BCUT2D eigenvalue weighted by Crippen LogP contribution is -2.24. The molecule has 1 unspecified atom stereocenters. The van der Waals surface area contributed by atoms with Crippen molar-refractivity contribution in [3.05, 3.63) is 24.3 Å². The molecular weight excluding hydrogens is 226 g/mol. The number of para-hydroxylation sites is 2. The molecule has 1 aromatic carbocycles. The van der Waals surface area contributed by atoms with Crippen molar-refractivity contribution in [1.82, 2.24) is 5.32 Å². The number of hydrogen-bond acceptors (Lipinski definition) is 3. The van der Waals surface area contributed by atoms with E-state index in [9.17, 15) is 0 Å². The maximum absolute atomic E-state index is 5.78. The van der Waals surface area contributed by atoms with Crippen LogP contribution in [0.25, 0.3) is 0 Å². The van der Waals surface area contributed by atoms with Crippen LogP contribution in [-0.4, -0.2) is 26.3 Å². The molecule has 1 rings (SSSR count). The zero-order valence-electron chi connectivity index (χ0n) is 11.7. The largest absolute Gasteiger partial charge is 0.490 e. The van der Waals surface area contributed by atoms with E-state index >= 15 is 0 Å². The van der Waals surface area contributed by atoms with Crippen LogP contribution >= 0.6 is 0 Å². The maximum atomic E-state index is 5.78. The minimum absolute atomic E-state index is 0.593. The van der Waals surface area contributed by atoms with Gasteiger partial charge in [-0.3, -0.25) is 0 Å². The highest BCUT2D eigenvalue weighted by Gasteiger charge is 2.05. The molecule has 0 amide bonds. The molecule has 0 radical (unpaired) electrons. The Morgan fingerprint density at radius 1 is 1.11 bits per heavy atom. The molecular formula is C15H25NO2. The van der Waals surface area contributed by atoms with Gasteiger partial charge in [-0.25, -0.2) is 0 Å². The Labute approximate surface area is 110 Å². The molecule has 18 heavy (non-hydrogen) atoms. The number of rotatable bonds is 9. The molecule has 0 aliphatic carbocycles. The highest BCUT2D eigenvalue weighted by molar-refractivity contribution is 5.39. The predicted octanol–water partition coefficient (Wildman–Crippen LogP) is 3.24. The van der Waals surface area contributed by atoms with Crippen molar-refractivity contribution in [1.29, 1.82) is 0 Å². The van der Waals surface area contributed by atoms with Crippen LogP contribution in [0.5, 0.6) is 11.5 Å². The molecule has 1 aromatic rings. The summed E-state index contributed by atoms with van der Waals surface area (Å²) in [6.07, 6.45) is 3.36. The lowest BCUT2D eigenvalue weighted by molar-refractivity contribution is 0.266. The van der Waals surface area contributed by atoms with E-state index in [0.717, 1.165) is 37.4 Å². The number of ether oxygens (including phenoxy) is 2. The maximum Gasteiger partial charge on any atom is 0.161 e. The van der Waals surface area contributed by atoms with Gasteiger partial charge in [0, 0.05) is 6.04 Å². The summed E-state index contributed by atoms with van der Waals surface area (Å²) in [5.74, 6) is 1.68. The van der Waals surface area contributed by atoms with Gasteiger partial charge in [0.25, 0.3) is 0 Å². The molecule has 0 fully saturated rings. The number of benzene rings is 1. The average molecular weight is 251 g/mol. The van der Waals surface area contributed by atoms with Gasteiger partial charge in [-0.1, -0.05) is 19.1 Å². The van der Waals surface area contributed by atoms with E-state index in [4.69, 9.17) is 9.47 Å². The monoisotopic (exact) mass is 251 g/mol.